The molecule has 26 heavy (non-hydrogen) atoms. The second-order valence-electron chi connectivity index (χ2n) is 5.15. The number of hydrogen-bond acceptors (Lipinski definition) is 6. The first-order valence-corrected chi connectivity index (χ1v) is 8.33. The van der Waals surface area contributed by atoms with Crippen molar-refractivity contribution in [3.63, 3.8) is 0 Å². The van der Waals surface area contributed by atoms with Crippen molar-refractivity contribution in [3.05, 3.63) is 63.0 Å². The molecule has 0 spiro atoms. The van der Waals surface area contributed by atoms with Crippen LogP contribution in [-0.2, 0) is 17.9 Å². The van der Waals surface area contributed by atoms with E-state index in [0.717, 1.165) is 9.56 Å². The summed E-state index contributed by atoms with van der Waals surface area (Å²) < 4.78 is 18.6. The lowest BCUT2D eigenvalue weighted by molar-refractivity contribution is -0.120. The molecule has 3 amide bonds. The summed E-state index contributed by atoms with van der Waals surface area (Å²) in [7, 11) is 0. The van der Waals surface area contributed by atoms with Crippen molar-refractivity contribution >= 4 is 23.3 Å². The highest BCUT2D eigenvalue weighted by Gasteiger charge is 2.15. The predicted octanol–water partition coefficient (Wildman–Crippen LogP) is 1.73. The van der Waals surface area contributed by atoms with Gasteiger partial charge in [-0.25, -0.2) is 14.0 Å². The molecule has 2 aromatic heterocycles. The molecular weight excluding hydrogens is 363 g/mol. The van der Waals surface area contributed by atoms with Crippen molar-refractivity contribution < 1.29 is 18.4 Å². The summed E-state index contributed by atoms with van der Waals surface area (Å²) in [6, 6.07) is 8.18. The average molecular weight is 376 g/mol. The summed E-state index contributed by atoms with van der Waals surface area (Å²) in [4.78, 5) is 36.2. The molecule has 3 aromatic rings. The molecule has 0 aliphatic heterocycles. The maximum atomic E-state index is 12.9. The van der Waals surface area contributed by atoms with E-state index in [2.05, 4.69) is 15.7 Å². The normalized spacial score (nSPS) is 10.5. The first kappa shape index (κ1) is 17.5. The lowest BCUT2D eigenvalue weighted by Gasteiger charge is -2.05. The maximum Gasteiger partial charge on any atom is 0.437 e. The third-order valence-corrected chi connectivity index (χ3v) is 4.12. The highest BCUT2D eigenvalue weighted by molar-refractivity contribution is 7.09. The molecule has 0 fully saturated rings. The van der Waals surface area contributed by atoms with Crippen molar-refractivity contribution in [1.82, 2.24) is 20.4 Å². The van der Waals surface area contributed by atoms with Gasteiger partial charge in [0.2, 0.25) is 11.8 Å². The molecule has 0 bridgehead atoms. The van der Waals surface area contributed by atoms with Crippen LogP contribution in [0.25, 0.3) is 11.5 Å². The molecule has 0 atom stereocenters. The van der Waals surface area contributed by atoms with Gasteiger partial charge in [-0.3, -0.25) is 10.1 Å². The molecule has 0 aliphatic rings. The van der Waals surface area contributed by atoms with Gasteiger partial charge in [-0.05, 0) is 35.7 Å². The number of urea groups is 1. The summed E-state index contributed by atoms with van der Waals surface area (Å²) in [5.41, 5.74) is 0.386. The van der Waals surface area contributed by atoms with Crippen molar-refractivity contribution in [2.45, 2.75) is 13.1 Å². The fourth-order valence-electron chi connectivity index (χ4n) is 2.04. The molecule has 0 aliphatic carbocycles. The van der Waals surface area contributed by atoms with Crippen LogP contribution in [0, 0.1) is 5.82 Å². The maximum absolute atomic E-state index is 12.9. The largest absolute Gasteiger partial charge is 0.437 e. The van der Waals surface area contributed by atoms with Crippen LogP contribution in [0.4, 0.5) is 9.18 Å². The van der Waals surface area contributed by atoms with Gasteiger partial charge in [0.15, 0.2) is 0 Å². The van der Waals surface area contributed by atoms with Crippen LogP contribution < -0.4 is 16.4 Å². The Labute approximate surface area is 150 Å². The molecular formula is C16H13FN4O4S. The molecule has 0 saturated carbocycles. The minimum atomic E-state index is -0.863. The molecule has 0 unspecified atom stereocenters. The van der Waals surface area contributed by atoms with Crippen LogP contribution in [0.3, 0.4) is 0 Å². The van der Waals surface area contributed by atoms with Gasteiger partial charge in [-0.1, -0.05) is 6.07 Å². The molecule has 8 nitrogen and oxygen atoms in total. The second-order valence-corrected chi connectivity index (χ2v) is 6.18. The smallest absolute Gasteiger partial charge is 0.388 e. The van der Waals surface area contributed by atoms with Crippen molar-refractivity contribution in [2.24, 2.45) is 0 Å². The Bertz CT molecular complexity index is 963. The van der Waals surface area contributed by atoms with E-state index in [4.69, 9.17) is 4.42 Å². The SMILES string of the molecule is O=C(Cn1nc(-c2ccc(F)cc2)oc1=O)NC(=O)NCc1cccs1. The Kier molecular flexibility index (Phi) is 5.23. The van der Waals surface area contributed by atoms with E-state index in [9.17, 15) is 18.8 Å². The summed E-state index contributed by atoms with van der Waals surface area (Å²) >= 11 is 1.47. The topological polar surface area (TPSA) is 106 Å². The fourth-order valence-corrected chi connectivity index (χ4v) is 2.69. The van der Waals surface area contributed by atoms with E-state index in [1.807, 2.05) is 17.5 Å². The summed E-state index contributed by atoms with van der Waals surface area (Å²) in [5, 5.41) is 10.4. The van der Waals surface area contributed by atoms with E-state index < -0.39 is 30.1 Å². The molecule has 3 rings (SSSR count). The number of halogens is 1. The Balaban J connectivity index is 1.58. The van der Waals surface area contributed by atoms with Gasteiger partial charge in [-0.15, -0.1) is 16.4 Å². The van der Waals surface area contributed by atoms with Crippen LogP contribution in [0.2, 0.25) is 0 Å². The van der Waals surface area contributed by atoms with Crippen molar-refractivity contribution in [1.29, 1.82) is 0 Å². The van der Waals surface area contributed by atoms with Crippen molar-refractivity contribution in [3.8, 4) is 11.5 Å². The van der Waals surface area contributed by atoms with E-state index in [1.54, 1.807) is 0 Å². The van der Waals surface area contributed by atoms with Gasteiger partial charge in [0.05, 0.1) is 6.54 Å². The zero-order valence-corrected chi connectivity index (χ0v) is 14.1. The summed E-state index contributed by atoms with van der Waals surface area (Å²) in [5.74, 6) is -2.08. The minimum absolute atomic E-state index is 0.0510. The lowest BCUT2D eigenvalue weighted by atomic mass is 10.2. The van der Waals surface area contributed by atoms with E-state index in [-0.39, 0.29) is 12.4 Å². The van der Waals surface area contributed by atoms with Crippen LogP contribution >= 0.6 is 11.3 Å². The number of nitrogens with zero attached hydrogens (tertiary/aromatic N) is 2. The molecule has 2 heterocycles. The average Bonchev–Trinajstić information content (AvgIpc) is 3.24. The summed E-state index contributed by atoms with van der Waals surface area (Å²) in [6.45, 7) is -0.203. The number of imide groups is 1. The lowest BCUT2D eigenvalue weighted by Crippen LogP contribution is -2.41. The zero-order chi connectivity index (χ0) is 18.5. The number of carbonyl (C=O) groups excluding carboxylic acids is 2. The standard InChI is InChI=1S/C16H13FN4O4S/c17-11-5-3-10(4-6-11)14-20-21(16(24)25-14)9-13(22)19-15(23)18-8-12-2-1-7-26-12/h1-7H,8-9H2,(H2,18,19,22,23). The number of rotatable bonds is 5. The molecule has 1 aromatic carbocycles. The quantitative estimate of drug-likeness (QED) is 0.705. The second kappa shape index (κ2) is 7.74. The van der Waals surface area contributed by atoms with E-state index in [0.29, 0.717) is 5.56 Å². The molecule has 0 saturated heterocycles. The van der Waals surface area contributed by atoms with Gasteiger partial charge < -0.3 is 9.73 Å². The van der Waals surface area contributed by atoms with Crippen LogP contribution in [0.1, 0.15) is 4.88 Å². The monoisotopic (exact) mass is 376 g/mol. The van der Waals surface area contributed by atoms with E-state index >= 15 is 0 Å². The van der Waals surface area contributed by atoms with Crippen LogP contribution in [-0.4, -0.2) is 21.7 Å². The number of amides is 3. The molecule has 2 N–H and O–H groups in total. The number of thiophene rings is 1. The minimum Gasteiger partial charge on any atom is -0.388 e. The Morgan fingerprint density at radius 3 is 2.69 bits per heavy atom. The predicted molar refractivity (Wildman–Crippen MR) is 90.9 cm³/mol. The number of nitrogens with one attached hydrogen (secondary N) is 2. The number of hydrogen-bond donors (Lipinski definition) is 2. The molecule has 134 valence electrons. The van der Waals surface area contributed by atoms with E-state index in [1.165, 1.54) is 35.6 Å². The van der Waals surface area contributed by atoms with Crippen LogP contribution in [0.5, 0.6) is 0 Å². The van der Waals surface area contributed by atoms with Gasteiger partial charge in [0.25, 0.3) is 0 Å². The van der Waals surface area contributed by atoms with Gasteiger partial charge in [0, 0.05) is 10.4 Å². The first-order chi connectivity index (χ1) is 12.5. The van der Waals surface area contributed by atoms with Gasteiger partial charge in [-0.2, -0.15) is 4.68 Å². The van der Waals surface area contributed by atoms with Gasteiger partial charge >= 0.3 is 11.8 Å². The number of benzene rings is 1. The first-order valence-electron chi connectivity index (χ1n) is 7.45. The fraction of sp³-hybridized carbons (Fsp3) is 0.125. The zero-order valence-electron chi connectivity index (χ0n) is 13.3. The highest BCUT2D eigenvalue weighted by Crippen LogP contribution is 2.15. The highest BCUT2D eigenvalue weighted by atomic mass is 32.1. The van der Waals surface area contributed by atoms with Crippen LogP contribution in [0.15, 0.2) is 51.0 Å². The Morgan fingerprint density at radius 1 is 1.23 bits per heavy atom. The number of aromatic nitrogens is 2. The van der Waals surface area contributed by atoms with Crippen molar-refractivity contribution in [2.75, 3.05) is 0 Å². The Morgan fingerprint density at radius 2 is 2.00 bits per heavy atom. The third-order valence-electron chi connectivity index (χ3n) is 3.25. The summed E-state index contributed by atoms with van der Waals surface area (Å²) in [6.07, 6.45) is 0. The molecule has 10 heteroatoms. The number of carbonyl (C=O) groups is 2. The molecule has 0 radical (unpaired) electrons. The Hall–Kier alpha value is -3.27. The third kappa shape index (κ3) is 4.42. The van der Waals surface area contributed by atoms with Gasteiger partial charge in [0.1, 0.15) is 12.4 Å².